The molecule has 1 saturated heterocycles. The summed E-state index contributed by atoms with van der Waals surface area (Å²) in [4.78, 5) is 16.3. The van der Waals surface area contributed by atoms with Crippen LogP contribution in [0.2, 0.25) is 0 Å². The standard InChI is InChI=1S/C12H25N3O/c1-9(2)15(12(16)10(3)13)11-5-7-14(4)8-6-11/h9-11H,5-8,13H2,1-4H3. The molecule has 0 aromatic heterocycles. The molecule has 0 spiro atoms. The molecule has 0 aromatic rings. The van der Waals surface area contributed by atoms with Crippen molar-refractivity contribution in [1.82, 2.24) is 9.80 Å². The van der Waals surface area contributed by atoms with Gasteiger partial charge in [-0.2, -0.15) is 0 Å². The minimum Gasteiger partial charge on any atom is -0.336 e. The summed E-state index contributed by atoms with van der Waals surface area (Å²) >= 11 is 0. The second-order valence-electron chi connectivity index (χ2n) is 5.16. The Kier molecular flexibility index (Phi) is 4.74. The van der Waals surface area contributed by atoms with E-state index < -0.39 is 0 Å². The lowest BCUT2D eigenvalue weighted by molar-refractivity contribution is -0.137. The molecule has 0 radical (unpaired) electrons. The lowest BCUT2D eigenvalue weighted by Crippen LogP contribution is -2.53. The van der Waals surface area contributed by atoms with Crippen molar-refractivity contribution in [2.24, 2.45) is 5.73 Å². The largest absolute Gasteiger partial charge is 0.336 e. The lowest BCUT2D eigenvalue weighted by atomic mass is 10.0. The van der Waals surface area contributed by atoms with Gasteiger partial charge < -0.3 is 15.5 Å². The van der Waals surface area contributed by atoms with Crippen LogP contribution in [0.15, 0.2) is 0 Å². The second-order valence-corrected chi connectivity index (χ2v) is 5.16. The highest BCUT2D eigenvalue weighted by molar-refractivity contribution is 5.81. The third-order valence-corrected chi connectivity index (χ3v) is 3.28. The molecular weight excluding hydrogens is 202 g/mol. The molecule has 4 heteroatoms. The number of hydrogen-bond donors (Lipinski definition) is 1. The fraction of sp³-hybridized carbons (Fsp3) is 0.917. The summed E-state index contributed by atoms with van der Waals surface area (Å²) in [6, 6.07) is 0.226. The summed E-state index contributed by atoms with van der Waals surface area (Å²) in [5.41, 5.74) is 5.71. The average Bonchev–Trinajstić information content (AvgIpc) is 2.20. The Hall–Kier alpha value is -0.610. The van der Waals surface area contributed by atoms with Gasteiger partial charge in [-0.3, -0.25) is 4.79 Å². The lowest BCUT2D eigenvalue weighted by Gasteiger charge is -2.40. The van der Waals surface area contributed by atoms with Crippen LogP contribution < -0.4 is 5.73 Å². The summed E-state index contributed by atoms with van der Waals surface area (Å²) in [7, 11) is 2.13. The van der Waals surface area contributed by atoms with Crippen LogP contribution in [0.25, 0.3) is 0 Å². The van der Waals surface area contributed by atoms with Gasteiger partial charge in [0.25, 0.3) is 0 Å². The van der Waals surface area contributed by atoms with Crippen LogP contribution in [0.1, 0.15) is 33.6 Å². The van der Waals surface area contributed by atoms with Crippen molar-refractivity contribution in [2.75, 3.05) is 20.1 Å². The summed E-state index contributed by atoms with van der Waals surface area (Å²) in [5.74, 6) is 0.0875. The van der Waals surface area contributed by atoms with Crippen LogP contribution in [0.4, 0.5) is 0 Å². The van der Waals surface area contributed by atoms with E-state index in [4.69, 9.17) is 5.73 Å². The summed E-state index contributed by atoms with van der Waals surface area (Å²) in [6.45, 7) is 8.05. The fourth-order valence-electron chi connectivity index (χ4n) is 2.36. The predicted molar refractivity (Wildman–Crippen MR) is 66.2 cm³/mol. The van der Waals surface area contributed by atoms with E-state index in [2.05, 4.69) is 25.8 Å². The van der Waals surface area contributed by atoms with E-state index in [-0.39, 0.29) is 18.0 Å². The van der Waals surface area contributed by atoms with Crippen molar-refractivity contribution < 1.29 is 4.79 Å². The smallest absolute Gasteiger partial charge is 0.239 e. The highest BCUT2D eigenvalue weighted by atomic mass is 16.2. The Labute approximate surface area is 98.8 Å². The molecule has 4 nitrogen and oxygen atoms in total. The van der Waals surface area contributed by atoms with Gasteiger partial charge in [0.15, 0.2) is 0 Å². The molecule has 94 valence electrons. The van der Waals surface area contributed by atoms with E-state index in [0.29, 0.717) is 6.04 Å². The van der Waals surface area contributed by atoms with Crippen molar-refractivity contribution in [3.8, 4) is 0 Å². The first kappa shape index (κ1) is 13.5. The van der Waals surface area contributed by atoms with Crippen LogP contribution in [-0.4, -0.2) is 54.0 Å². The number of piperidine rings is 1. The first-order valence-electron chi connectivity index (χ1n) is 6.19. The zero-order valence-corrected chi connectivity index (χ0v) is 10.9. The Balaban J connectivity index is 2.67. The molecule has 1 aliphatic rings. The number of nitrogens with zero attached hydrogens (tertiary/aromatic N) is 2. The van der Waals surface area contributed by atoms with Crippen molar-refractivity contribution in [1.29, 1.82) is 0 Å². The number of hydrogen-bond acceptors (Lipinski definition) is 3. The van der Waals surface area contributed by atoms with Gasteiger partial charge in [-0.05, 0) is 53.8 Å². The third kappa shape index (κ3) is 3.19. The van der Waals surface area contributed by atoms with E-state index >= 15 is 0 Å². The third-order valence-electron chi connectivity index (χ3n) is 3.28. The van der Waals surface area contributed by atoms with Gasteiger partial charge in [0.05, 0.1) is 6.04 Å². The monoisotopic (exact) mass is 227 g/mol. The Bertz CT molecular complexity index is 232. The SMILES string of the molecule is CC(N)C(=O)N(C(C)C)C1CCN(C)CC1. The number of nitrogens with two attached hydrogens (primary N) is 1. The molecule has 1 heterocycles. The van der Waals surface area contributed by atoms with Crippen molar-refractivity contribution in [3.63, 3.8) is 0 Å². The zero-order valence-electron chi connectivity index (χ0n) is 10.9. The van der Waals surface area contributed by atoms with E-state index in [0.717, 1.165) is 25.9 Å². The first-order chi connectivity index (χ1) is 7.43. The van der Waals surface area contributed by atoms with Gasteiger partial charge in [0.1, 0.15) is 0 Å². The van der Waals surface area contributed by atoms with E-state index in [1.165, 1.54) is 0 Å². The van der Waals surface area contributed by atoms with Gasteiger partial charge in [0.2, 0.25) is 5.91 Å². The maximum atomic E-state index is 12.1. The molecule has 1 unspecified atom stereocenters. The summed E-state index contributed by atoms with van der Waals surface area (Å²) in [5, 5.41) is 0. The Morgan fingerprint density at radius 3 is 2.19 bits per heavy atom. The topological polar surface area (TPSA) is 49.6 Å². The van der Waals surface area contributed by atoms with Gasteiger partial charge >= 0.3 is 0 Å². The minimum atomic E-state index is -0.387. The zero-order chi connectivity index (χ0) is 12.3. The van der Waals surface area contributed by atoms with Crippen LogP contribution in [0.3, 0.4) is 0 Å². The Morgan fingerprint density at radius 2 is 1.81 bits per heavy atom. The molecule has 1 aliphatic heterocycles. The van der Waals surface area contributed by atoms with Crippen molar-refractivity contribution in [3.05, 3.63) is 0 Å². The molecule has 1 amide bonds. The first-order valence-corrected chi connectivity index (χ1v) is 6.19. The fourth-order valence-corrected chi connectivity index (χ4v) is 2.36. The molecule has 2 N–H and O–H groups in total. The molecule has 1 rings (SSSR count). The highest BCUT2D eigenvalue weighted by Gasteiger charge is 2.30. The van der Waals surface area contributed by atoms with Crippen LogP contribution >= 0.6 is 0 Å². The van der Waals surface area contributed by atoms with Crippen molar-refractivity contribution >= 4 is 5.91 Å². The van der Waals surface area contributed by atoms with Crippen LogP contribution in [-0.2, 0) is 4.79 Å². The highest BCUT2D eigenvalue weighted by Crippen LogP contribution is 2.18. The maximum absolute atomic E-state index is 12.1. The van der Waals surface area contributed by atoms with Gasteiger partial charge in [-0.15, -0.1) is 0 Å². The second kappa shape index (κ2) is 5.64. The van der Waals surface area contributed by atoms with E-state index in [1.54, 1.807) is 6.92 Å². The van der Waals surface area contributed by atoms with Crippen molar-refractivity contribution in [2.45, 2.75) is 51.7 Å². The molecule has 1 fully saturated rings. The molecule has 0 aromatic carbocycles. The van der Waals surface area contributed by atoms with E-state index in [1.807, 2.05) is 4.90 Å². The molecule has 1 atom stereocenters. The molecule has 0 aliphatic carbocycles. The summed E-state index contributed by atoms with van der Waals surface area (Å²) < 4.78 is 0. The normalized spacial score (nSPS) is 21.1. The average molecular weight is 227 g/mol. The number of rotatable bonds is 3. The molecule has 0 saturated carbocycles. The molecule has 0 bridgehead atoms. The number of carbonyl (C=O) groups excluding carboxylic acids is 1. The van der Waals surface area contributed by atoms with Gasteiger partial charge in [-0.1, -0.05) is 0 Å². The van der Waals surface area contributed by atoms with Crippen LogP contribution in [0.5, 0.6) is 0 Å². The maximum Gasteiger partial charge on any atom is 0.239 e. The number of likely N-dealkylation sites (tertiary alicyclic amines) is 1. The van der Waals surface area contributed by atoms with Gasteiger partial charge in [-0.25, -0.2) is 0 Å². The summed E-state index contributed by atoms with van der Waals surface area (Å²) in [6.07, 6.45) is 2.13. The number of carbonyl (C=O) groups is 1. The Morgan fingerprint density at radius 1 is 1.31 bits per heavy atom. The predicted octanol–water partition coefficient (Wildman–Crippen LogP) is 0.665. The number of amides is 1. The van der Waals surface area contributed by atoms with Gasteiger partial charge in [0, 0.05) is 12.1 Å². The molecular formula is C12H25N3O. The van der Waals surface area contributed by atoms with E-state index in [9.17, 15) is 4.79 Å². The minimum absolute atomic E-state index is 0.0875. The quantitative estimate of drug-likeness (QED) is 0.771. The molecule has 16 heavy (non-hydrogen) atoms. The van der Waals surface area contributed by atoms with Crippen LogP contribution in [0, 0.1) is 0 Å².